The molecule has 1 aromatic rings. The number of hydrogen-bond acceptors (Lipinski definition) is 3. The van der Waals surface area contributed by atoms with Gasteiger partial charge >= 0.3 is 0 Å². The highest BCUT2D eigenvalue weighted by Gasteiger charge is 2.04. The lowest BCUT2D eigenvalue weighted by Crippen LogP contribution is -1.99. The van der Waals surface area contributed by atoms with Gasteiger partial charge in [-0.3, -0.25) is 4.98 Å². The number of nitrogens with zero attached hydrogens (tertiary/aromatic N) is 1. The van der Waals surface area contributed by atoms with E-state index in [2.05, 4.69) is 4.98 Å². The van der Waals surface area contributed by atoms with Gasteiger partial charge in [-0.25, -0.2) is 0 Å². The number of pyridine rings is 1. The maximum absolute atomic E-state index is 5.41. The molecule has 0 saturated carbocycles. The van der Waals surface area contributed by atoms with Gasteiger partial charge < -0.3 is 9.47 Å². The Hall–Kier alpha value is -1.25. The van der Waals surface area contributed by atoms with Gasteiger partial charge in [0.2, 0.25) is 0 Å². The normalized spacial score (nSPS) is 9.77. The molecule has 0 bridgehead atoms. The van der Waals surface area contributed by atoms with Crippen LogP contribution in [-0.2, 0) is 0 Å². The van der Waals surface area contributed by atoms with Crippen molar-refractivity contribution in [3.05, 3.63) is 18.0 Å². The van der Waals surface area contributed by atoms with Crippen molar-refractivity contribution in [3.63, 3.8) is 0 Å². The van der Waals surface area contributed by atoms with Crippen LogP contribution in [0.3, 0.4) is 0 Å². The Morgan fingerprint density at radius 3 is 2.38 bits per heavy atom. The first-order valence-electron chi connectivity index (χ1n) is 4.50. The second-order valence-corrected chi connectivity index (χ2v) is 2.64. The second kappa shape index (κ2) is 4.70. The Kier molecular flexibility index (Phi) is 3.55. The second-order valence-electron chi connectivity index (χ2n) is 2.64. The van der Waals surface area contributed by atoms with Gasteiger partial charge in [0.25, 0.3) is 0 Å². The summed E-state index contributed by atoms with van der Waals surface area (Å²) in [6, 6.07) is 1.88. The summed E-state index contributed by atoms with van der Waals surface area (Å²) in [6.07, 6.45) is 1.70. The van der Waals surface area contributed by atoms with E-state index in [4.69, 9.17) is 9.47 Å². The molecule has 0 radical (unpaired) electrons. The summed E-state index contributed by atoms with van der Waals surface area (Å²) in [5.41, 5.74) is 0.937. The van der Waals surface area contributed by atoms with Gasteiger partial charge in [0, 0.05) is 11.8 Å². The van der Waals surface area contributed by atoms with Gasteiger partial charge in [-0.2, -0.15) is 0 Å². The Morgan fingerprint density at radius 1 is 1.15 bits per heavy atom. The standard InChI is InChI=1S/C10H15NO2/c1-4-12-9-6-8(3)11-7-10(9)13-5-2/h6-7H,4-5H2,1-3H3. The number of hydrogen-bond donors (Lipinski definition) is 0. The zero-order valence-corrected chi connectivity index (χ0v) is 8.33. The molecule has 0 aliphatic heterocycles. The number of ether oxygens (including phenoxy) is 2. The zero-order chi connectivity index (χ0) is 9.68. The maximum Gasteiger partial charge on any atom is 0.179 e. The van der Waals surface area contributed by atoms with E-state index >= 15 is 0 Å². The molecule has 1 aromatic heterocycles. The van der Waals surface area contributed by atoms with Crippen molar-refractivity contribution in [2.75, 3.05) is 13.2 Å². The van der Waals surface area contributed by atoms with Crippen molar-refractivity contribution >= 4 is 0 Å². The minimum atomic E-state index is 0.630. The van der Waals surface area contributed by atoms with Crippen LogP contribution in [0.4, 0.5) is 0 Å². The molecule has 1 rings (SSSR count). The molecule has 0 aliphatic rings. The van der Waals surface area contributed by atoms with Gasteiger partial charge in [0.15, 0.2) is 11.5 Å². The first-order chi connectivity index (χ1) is 6.27. The SMILES string of the molecule is CCOc1cnc(C)cc1OCC. The van der Waals surface area contributed by atoms with Gasteiger partial charge in [-0.05, 0) is 20.8 Å². The number of aromatic nitrogens is 1. The Morgan fingerprint density at radius 2 is 1.77 bits per heavy atom. The summed E-state index contributed by atoms with van der Waals surface area (Å²) in [4.78, 5) is 4.14. The molecule has 0 atom stereocenters. The van der Waals surface area contributed by atoms with Gasteiger partial charge in [-0.15, -0.1) is 0 Å². The van der Waals surface area contributed by atoms with Gasteiger partial charge in [0.05, 0.1) is 19.4 Å². The van der Waals surface area contributed by atoms with E-state index in [1.54, 1.807) is 6.20 Å². The summed E-state index contributed by atoms with van der Waals surface area (Å²) in [6.45, 7) is 7.09. The fourth-order valence-corrected chi connectivity index (χ4v) is 1.05. The molecule has 0 saturated heterocycles. The molecule has 1 heterocycles. The third kappa shape index (κ3) is 2.61. The van der Waals surface area contributed by atoms with Crippen LogP contribution in [-0.4, -0.2) is 18.2 Å². The smallest absolute Gasteiger partial charge is 0.179 e. The summed E-state index contributed by atoms with van der Waals surface area (Å²) >= 11 is 0. The highest BCUT2D eigenvalue weighted by Crippen LogP contribution is 2.26. The van der Waals surface area contributed by atoms with Crippen LogP contribution in [0, 0.1) is 6.92 Å². The van der Waals surface area contributed by atoms with Gasteiger partial charge in [-0.1, -0.05) is 0 Å². The van der Waals surface area contributed by atoms with E-state index in [-0.39, 0.29) is 0 Å². The summed E-state index contributed by atoms with van der Waals surface area (Å²) in [5, 5.41) is 0. The number of aryl methyl sites for hydroxylation is 1. The average molecular weight is 181 g/mol. The molecule has 3 nitrogen and oxygen atoms in total. The van der Waals surface area contributed by atoms with Crippen LogP contribution in [0.1, 0.15) is 19.5 Å². The van der Waals surface area contributed by atoms with Crippen LogP contribution < -0.4 is 9.47 Å². The van der Waals surface area contributed by atoms with Crippen LogP contribution in [0.2, 0.25) is 0 Å². The highest BCUT2D eigenvalue weighted by molar-refractivity contribution is 5.38. The zero-order valence-electron chi connectivity index (χ0n) is 8.33. The quantitative estimate of drug-likeness (QED) is 0.713. The van der Waals surface area contributed by atoms with E-state index in [1.807, 2.05) is 26.8 Å². The number of rotatable bonds is 4. The molecule has 0 aromatic carbocycles. The molecular formula is C10H15NO2. The maximum atomic E-state index is 5.41. The minimum Gasteiger partial charge on any atom is -0.490 e. The van der Waals surface area contributed by atoms with Crippen molar-refractivity contribution in [3.8, 4) is 11.5 Å². The lowest BCUT2D eigenvalue weighted by molar-refractivity contribution is 0.286. The third-order valence-electron chi connectivity index (χ3n) is 1.57. The molecule has 0 aliphatic carbocycles. The van der Waals surface area contributed by atoms with E-state index in [0.717, 1.165) is 17.2 Å². The average Bonchev–Trinajstić information content (AvgIpc) is 2.10. The van der Waals surface area contributed by atoms with E-state index in [9.17, 15) is 0 Å². The van der Waals surface area contributed by atoms with Crippen molar-refractivity contribution in [1.29, 1.82) is 0 Å². The van der Waals surface area contributed by atoms with Crippen LogP contribution >= 0.6 is 0 Å². The lowest BCUT2D eigenvalue weighted by Gasteiger charge is -2.10. The largest absolute Gasteiger partial charge is 0.490 e. The van der Waals surface area contributed by atoms with E-state index in [0.29, 0.717) is 13.2 Å². The monoisotopic (exact) mass is 181 g/mol. The lowest BCUT2D eigenvalue weighted by atomic mass is 10.3. The van der Waals surface area contributed by atoms with Gasteiger partial charge in [0.1, 0.15) is 0 Å². The summed E-state index contributed by atoms with van der Waals surface area (Å²) in [7, 11) is 0. The van der Waals surface area contributed by atoms with E-state index < -0.39 is 0 Å². The molecular weight excluding hydrogens is 166 g/mol. The van der Waals surface area contributed by atoms with Crippen LogP contribution in [0.5, 0.6) is 11.5 Å². The molecule has 13 heavy (non-hydrogen) atoms. The van der Waals surface area contributed by atoms with Crippen molar-refractivity contribution in [2.45, 2.75) is 20.8 Å². The fourth-order valence-electron chi connectivity index (χ4n) is 1.05. The summed E-state index contributed by atoms with van der Waals surface area (Å²) in [5.74, 6) is 1.49. The predicted octanol–water partition coefficient (Wildman–Crippen LogP) is 2.19. The molecule has 0 N–H and O–H groups in total. The Balaban J connectivity index is 2.89. The third-order valence-corrected chi connectivity index (χ3v) is 1.57. The van der Waals surface area contributed by atoms with Crippen molar-refractivity contribution in [2.24, 2.45) is 0 Å². The van der Waals surface area contributed by atoms with Crippen LogP contribution in [0.15, 0.2) is 12.3 Å². The molecule has 3 heteroatoms. The fraction of sp³-hybridized carbons (Fsp3) is 0.500. The van der Waals surface area contributed by atoms with Crippen LogP contribution in [0.25, 0.3) is 0 Å². The summed E-state index contributed by atoms with van der Waals surface area (Å²) < 4.78 is 10.8. The predicted molar refractivity (Wildman–Crippen MR) is 51.3 cm³/mol. The first kappa shape index (κ1) is 9.84. The topological polar surface area (TPSA) is 31.4 Å². The van der Waals surface area contributed by atoms with E-state index in [1.165, 1.54) is 0 Å². The molecule has 0 amide bonds. The molecule has 0 unspecified atom stereocenters. The van der Waals surface area contributed by atoms with Crippen molar-refractivity contribution < 1.29 is 9.47 Å². The minimum absolute atomic E-state index is 0.630. The van der Waals surface area contributed by atoms with Crippen molar-refractivity contribution in [1.82, 2.24) is 4.98 Å². The highest BCUT2D eigenvalue weighted by atomic mass is 16.5. The molecule has 0 fully saturated rings. The first-order valence-corrected chi connectivity index (χ1v) is 4.50. The molecule has 72 valence electrons. The molecule has 0 spiro atoms. The Bertz CT molecular complexity index is 274. The Labute approximate surface area is 78.7 Å².